The highest BCUT2D eigenvalue weighted by atomic mass is 32.2. The van der Waals surface area contributed by atoms with Gasteiger partial charge < -0.3 is 20.4 Å². The van der Waals surface area contributed by atoms with E-state index in [0.717, 1.165) is 5.56 Å². The van der Waals surface area contributed by atoms with Crippen LogP contribution in [0.3, 0.4) is 0 Å². The summed E-state index contributed by atoms with van der Waals surface area (Å²) in [6.07, 6.45) is -1.56. The number of carboxylic acid groups (broad SMARTS) is 1. The molecule has 2 aromatic carbocycles. The lowest BCUT2D eigenvalue weighted by Crippen LogP contribution is -2.52. The Morgan fingerprint density at radius 3 is 2.42 bits per heavy atom. The molecule has 0 saturated heterocycles. The Morgan fingerprint density at radius 1 is 1.06 bits per heavy atom. The van der Waals surface area contributed by atoms with Gasteiger partial charge in [-0.15, -0.1) is 0 Å². The van der Waals surface area contributed by atoms with Crippen LogP contribution in [-0.2, 0) is 26.0 Å². The highest BCUT2D eigenvalue weighted by Gasteiger charge is 2.29. The Balaban J connectivity index is 1.61. The van der Waals surface area contributed by atoms with Gasteiger partial charge in [-0.25, -0.2) is 13.1 Å². The number of rotatable bonds is 10. The van der Waals surface area contributed by atoms with Crippen molar-refractivity contribution in [2.24, 2.45) is 0 Å². The predicted octanol–water partition coefficient (Wildman–Crippen LogP) is -0.0162. The van der Waals surface area contributed by atoms with Gasteiger partial charge in [0.05, 0.1) is 30.0 Å². The number of nitrogens with zero attached hydrogens (tertiary/aromatic N) is 1. The Morgan fingerprint density at radius 2 is 1.73 bits per heavy atom. The molecule has 2 aromatic rings. The first-order valence-electron chi connectivity index (χ1n) is 10.3. The number of carbonyl (C=O) groups excluding carboxylic acids is 2. The third kappa shape index (κ3) is 6.37. The molecular formula is C22H25N3O7S. The normalized spacial score (nSPS) is 15.4. The molecular weight excluding hydrogens is 450 g/mol. The van der Waals surface area contributed by atoms with Crippen LogP contribution in [0.5, 0.6) is 0 Å². The van der Waals surface area contributed by atoms with Gasteiger partial charge in [0, 0.05) is 18.7 Å². The highest BCUT2D eigenvalue weighted by molar-refractivity contribution is 7.89. The summed E-state index contributed by atoms with van der Waals surface area (Å²) in [4.78, 5) is 37.7. The fourth-order valence-corrected chi connectivity index (χ4v) is 4.61. The number of benzene rings is 2. The molecule has 0 fully saturated rings. The molecule has 0 radical (unpaired) electrons. The maximum absolute atomic E-state index is 12.6. The smallest absolute Gasteiger partial charge is 0.305 e. The van der Waals surface area contributed by atoms with Gasteiger partial charge in [0.2, 0.25) is 15.9 Å². The van der Waals surface area contributed by atoms with Gasteiger partial charge in [0.25, 0.3) is 5.91 Å². The number of hydrogen-bond acceptors (Lipinski definition) is 6. The van der Waals surface area contributed by atoms with E-state index in [2.05, 4.69) is 10.0 Å². The Labute approximate surface area is 191 Å². The zero-order valence-corrected chi connectivity index (χ0v) is 18.5. The predicted molar refractivity (Wildman–Crippen MR) is 118 cm³/mol. The molecule has 1 aliphatic rings. The Kier molecular flexibility index (Phi) is 7.79. The number of fused-ring (bicyclic) bond motifs is 1. The molecule has 3 rings (SSSR count). The van der Waals surface area contributed by atoms with Crippen molar-refractivity contribution in [2.45, 2.75) is 29.9 Å². The van der Waals surface area contributed by atoms with Gasteiger partial charge in [0.1, 0.15) is 0 Å². The molecule has 176 valence electrons. The number of aliphatic carboxylic acids is 1. The molecule has 4 N–H and O–H groups in total. The van der Waals surface area contributed by atoms with Gasteiger partial charge in [-0.1, -0.05) is 36.4 Å². The third-order valence-corrected chi connectivity index (χ3v) is 6.70. The van der Waals surface area contributed by atoms with E-state index < -0.39 is 47.0 Å². The number of sulfonamides is 1. The summed E-state index contributed by atoms with van der Waals surface area (Å²) in [6, 6.07) is 13.3. The van der Waals surface area contributed by atoms with Crippen LogP contribution >= 0.6 is 0 Å². The van der Waals surface area contributed by atoms with E-state index in [1.54, 1.807) is 30.3 Å². The maximum Gasteiger partial charge on any atom is 0.305 e. The second kappa shape index (κ2) is 10.6. The van der Waals surface area contributed by atoms with Gasteiger partial charge in [0.15, 0.2) is 0 Å². The molecule has 2 amide bonds. The van der Waals surface area contributed by atoms with E-state index in [9.17, 15) is 27.9 Å². The number of amides is 2. The minimum Gasteiger partial charge on any atom is -0.481 e. The summed E-state index contributed by atoms with van der Waals surface area (Å²) in [5.41, 5.74) is 1.40. The number of nitrogens with one attached hydrogen (secondary N) is 2. The molecule has 0 spiro atoms. The minimum absolute atomic E-state index is 0.0140. The SMILES string of the molecule is O=C(O)CC(NC(=O)CN1CCc2ccccc2C1=O)C(O)CNS(=O)(=O)c1ccccc1. The van der Waals surface area contributed by atoms with E-state index in [1.165, 1.54) is 17.0 Å². The molecule has 0 aromatic heterocycles. The van der Waals surface area contributed by atoms with Crippen LogP contribution in [-0.4, -0.2) is 73.1 Å². The Bertz CT molecular complexity index is 1120. The van der Waals surface area contributed by atoms with E-state index in [0.29, 0.717) is 18.5 Å². The number of carbonyl (C=O) groups is 3. The summed E-state index contributed by atoms with van der Waals surface area (Å²) in [5, 5.41) is 22.0. The van der Waals surface area contributed by atoms with Gasteiger partial charge >= 0.3 is 5.97 Å². The second-order valence-electron chi connectivity index (χ2n) is 7.64. The molecule has 11 heteroatoms. The zero-order valence-electron chi connectivity index (χ0n) is 17.7. The number of aliphatic hydroxyl groups excluding tert-OH is 1. The number of hydrogen-bond donors (Lipinski definition) is 4. The fraction of sp³-hybridized carbons (Fsp3) is 0.318. The summed E-state index contributed by atoms with van der Waals surface area (Å²) in [7, 11) is -3.93. The highest BCUT2D eigenvalue weighted by Crippen LogP contribution is 2.18. The molecule has 33 heavy (non-hydrogen) atoms. The van der Waals surface area contributed by atoms with Gasteiger partial charge in [-0.05, 0) is 30.2 Å². The lowest BCUT2D eigenvalue weighted by molar-refractivity contribution is -0.138. The van der Waals surface area contributed by atoms with Crippen LogP contribution in [0.4, 0.5) is 0 Å². The molecule has 2 atom stereocenters. The quantitative estimate of drug-likeness (QED) is 0.377. The van der Waals surface area contributed by atoms with Crippen LogP contribution in [0.15, 0.2) is 59.5 Å². The van der Waals surface area contributed by atoms with Crippen LogP contribution in [0.1, 0.15) is 22.3 Å². The van der Waals surface area contributed by atoms with Gasteiger partial charge in [-0.3, -0.25) is 14.4 Å². The summed E-state index contributed by atoms with van der Waals surface area (Å²) >= 11 is 0. The van der Waals surface area contributed by atoms with E-state index in [1.807, 2.05) is 12.1 Å². The molecule has 10 nitrogen and oxygen atoms in total. The van der Waals surface area contributed by atoms with Crippen molar-refractivity contribution in [3.8, 4) is 0 Å². The van der Waals surface area contributed by atoms with Crippen molar-refractivity contribution in [1.82, 2.24) is 14.9 Å². The average molecular weight is 476 g/mol. The second-order valence-corrected chi connectivity index (χ2v) is 9.40. The lowest BCUT2D eigenvalue weighted by atomic mass is 9.99. The molecule has 0 saturated carbocycles. The van der Waals surface area contributed by atoms with Crippen molar-refractivity contribution in [2.75, 3.05) is 19.6 Å². The molecule has 0 bridgehead atoms. The largest absolute Gasteiger partial charge is 0.481 e. The standard InChI is InChI=1S/C22H25N3O7S/c26-19(13-23-33(31,32)16-7-2-1-3-8-16)18(12-21(28)29)24-20(27)14-25-11-10-15-6-4-5-9-17(15)22(25)30/h1-9,18-19,23,26H,10-14H2,(H,24,27)(H,28,29). The van der Waals surface area contributed by atoms with E-state index >= 15 is 0 Å². The van der Waals surface area contributed by atoms with E-state index in [-0.39, 0.29) is 17.3 Å². The first-order valence-corrected chi connectivity index (χ1v) is 11.8. The Hall–Kier alpha value is -3.28. The molecule has 1 aliphatic heterocycles. The molecule has 0 aliphatic carbocycles. The van der Waals surface area contributed by atoms with Gasteiger partial charge in [-0.2, -0.15) is 0 Å². The van der Waals surface area contributed by atoms with Crippen LogP contribution in [0, 0.1) is 0 Å². The first kappa shape index (κ1) is 24.4. The van der Waals surface area contributed by atoms with Crippen molar-refractivity contribution < 1.29 is 33.0 Å². The summed E-state index contributed by atoms with van der Waals surface area (Å²) in [5.74, 6) is -2.25. The fourth-order valence-electron chi connectivity index (χ4n) is 3.54. The monoisotopic (exact) mass is 475 g/mol. The van der Waals surface area contributed by atoms with Crippen molar-refractivity contribution in [3.05, 3.63) is 65.7 Å². The topological polar surface area (TPSA) is 153 Å². The average Bonchev–Trinajstić information content (AvgIpc) is 2.79. The summed E-state index contributed by atoms with van der Waals surface area (Å²) < 4.78 is 26.9. The van der Waals surface area contributed by atoms with Crippen LogP contribution < -0.4 is 10.0 Å². The summed E-state index contributed by atoms with van der Waals surface area (Å²) in [6.45, 7) is -0.497. The lowest BCUT2D eigenvalue weighted by Gasteiger charge is -2.29. The number of aliphatic hydroxyl groups is 1. The van der Waals surface area contributed by atoms with Crippen molar-refractivity contribution >= 4 is 27.8 Å². The zero-order chi connectivity index (χ0) is 24.0. The third-order valence-electron chi connectivity index (χ3n) is 5.26. The van der Waals surface area contributed by atoms with Crippen molar-refractivity contribution in [3.63, 3.8) is 0 Å². The van der Waals surface area contributed by atoms with Crippen LogP contribution in [0.2, 0.25) is 0 Å². The maximum atomic E-state index is 12.6. The molecule has 2 unspecified atom stereocenters. The van der Waals surface area contributed by atoms with E-state index in [4.69, 9.17) is 5.11 Å². The number of carboxylic acids is 1. The van der Waals surface area contributed by atoms with Crippen LogP contribution in [0.25, 0.3) is 0 Å². The minimum atomic E-state index is -3.93. The first-order chi connectivity index (χ1) is 15.7. The molecule has 1 heterocycles. The van der Waals surface area contributed by atoms with Crippen molar-refractivity contribution in [1.29, 1.82) is 0 Å².